The van der Waals surface area contributed by atoms with Crippen LogP contribution in [0.5, 0.6) is 0 Å². The molecule has 0 aromatic heterocycles. The molecule has 2 aromatic rings. The number of anilines is 2. The van der Waals surface area contributed by atoms with Gasteiger partial charge in [0.05, 0.1) is 29.4 Å². The minimum Gasteiger partial charge on any atom is -0.378 e. The molecule has 0 radical (unpaired) electrons. The molecule has 10 heteroatoms. The fourth-order valence-corrected chi connectivity index (χ4v) is 4.70. The van der Waals surface area contributed by atoms with Crippen LogP contribution >= 0.6 is 0 Å². The molecule has 2 aromatic carbocycles. The fraction of sp³-hybridized carbons (Fsp3) is 0.409. The summed E-state index contributed by atoms with van der Waals surface area (Å²) in [5, 5.41) is 0. The second-order valence-electron chi connectivity index (χ2n) is 7.93. The average molecular weight is 466 g/mol. The number of morpholine rings is 1. The molecule has 2 saturated heterocycles. The molecular formula is C22H25F2N3O4S. The number of amides is 1. The molecule has 2 fully saturated rings. The van der Waals surface area contributed by atoms with Crippen molar-refractivity contribution in [3.63, 3.8) is 0 Å². The normalized spacial score (nSPS) is 17.5. The highest BCUT2D eigenvalue weighted by Gasteiger charge is 2.28. The lowest BCUT2D eigenvalue weighted by Crippen LogP contribution is -2.49. The first-order chi connectivity index (χ1) is 15.2. The van der Waals surface area contributed by atoms with Gasteiger partial charge in [-0.05, 0) is 30.3 Å². The largest absolute Gasteiger partial charge is 0.378 e. The van der Waals surface area contributed by atoms with Crippen molar-refractivity contribution in [3.8, 4) is 0 Å². The quantitative estimate of drug-likeness (QED) is 0.690. The topological polar surface area (TPSA) is 70.2 Å². The molecule has 0 unspecified atom stereocenters. The molecular weight excluding hydrogens is 440 g/mol. The lowest BCUT2D eigenvalue weighted by molar-refractivity contribution is 0.0745. The third-order valence-corrected chi connectivity index (χ3v) is 6.91. The minimum absolute atomic E-state index is 0.0879. The van der Waals surface area contributed by atoms with E-state index in [-0.39, 0.29) is 10.8 Å². The Balaban J connectivity index is 1.57. The maximum Gasteiger partial charge on any atom is 0.256 e. The van der Waals surface area contributed by atoms with Gasteiger partial charge in [0.1, 0.15) is 11.6 Å². The number of nitrogens with zero attached hydrogens (tertiary/aromatic N) is 3. The van der Waals surface area contributed by atoms with E-state index in [9.17, 15) is 22.0 Å². The Morgan fingerprint density at radius 3 is 2.12 bits per heavy atom. The first kappa shape index (κ1) is 22.5. The summed E-state index contributed by atoms with van der Waals surface area (Å²) in [6, 6.07) is 8.09. The summed E-state index contributed by atoms with van der Waals surface area (Å²) in [4.78, 5) is 19.0. The summed E-state index contributed by atoms with van der Waals surface area (Å²) in [7, 11) is -3.48. The van der Waals surface area contributed by atoms with Gasteiger partial charge in [-0.1, -0.05) is 0 Å². The summed E-state index contributed by atoms with van der Waals surface area (Å²) in [6.07, 6.45) is 1.11. The Morgan fingerprint density at radius 1 is 0.875 bits per heavy atom. The Morgan fingerprint density at radius 2 is 1.50 bits per heavy atom. The van der Waals surface area contributed by atoms with Gasteiger partial charge in [-0.2, -0.15) is 0 Å². The average Bonchev–Trinajstić information content (AvgIpc) is 2.78. The molecule has 1 amide bonds. The minimum atomic E-state index is -3.48. The maximum absolute atomic E-state index is 14.1. The predicted molar refractivity (Wildman–Crippen MR) is 117 cm³/mol. The molecule has 2 heterocycles. The van der Waals surface area contributed by atoms with Crippen LogP contribution in [-0.4, -0.2) is 78.0 Å². The van der Waals surface area contributed by atoms with E-state index in [2.05, 4.69) is 0 Å². The van der Waals surface area contributed by atoms with Crippen LogP contribution in [0.1, 0.15) is 10.4 Å². The zero-order chi connectivity index (χ0) is 22.9. The van der Waals surface area contributed by atoms with Crippen LogP contribution in [0.2, 0.25) is 0 Å². The van der Waals surface area contributed by atoms with E-state index in [4.69, 9.17) is 4.74 Å². The molecule has 0 bridgehead atoms. The number of rotatable bonds is 4. The number of benzene rings is 2. The van der Waals surface area contributed by atoms with Gasteiger partial charge in [0.15, 0.2) is 9.84 Å². The number of hydrogen-bond donors (Lipinski definition) is 0. The molecule has 0 N–H and O–H groups in total. The SMILES string of the molecule is CS(=O)(=O)c1ccc(N2CCOCC2)c(C(=O)N2CCN(c3ccc(F)cc3F)CC2)c1. The van der Waals surface area contributed by atoms with Gasteiger partial charge >= 0.3 is 0 Å². The third-order valence-electron chi connectivity index (χ3n) is 5.80. The Hall–Kier alpha value is -2.72. The Labute approximate surface area is 186 Å². The summed E-state index contributed by atoms with van der Waals surface area (Å²) < 4.78 is 56.9. The summed E-state index contributed by atoms with van der Waals surface area (Å²) in [6.45, 7) is 3.71. The second kappa shape index (κ2) is 9.03. The van der Waals surface area contributed by atoms with E-state index < -0.39 is 21.5 Å². The van der Waals surface area contributed by atoms with Gasteiger partial charge < -0.3 is 19.4 Å². The summed E-state index contributed by atoms with van der Waals surface area (Å²) >= 11 is 0. The monoisotopic (exact) mass is 465 g/mol. The Kier molecular flexibility index (Phi) is 6.34. The van der Waals surface area contributed by atoms with Gasteiger partial charge in [0, 0.05) is 57.3 Å². The fourth-order valence-electron chi connectivity index (χ4n) is 4.06. The van der Waals surface area contributed by atoms with Crippen LogP contribution in [0.15, 0.2) is 41.3 Å². The van der Waals surface area contributed by atoms with Gasteiger partial charge in [-0.25, -0.2) is 17.2 Å². The molecule has 32 heavy (non-hydrogen) atoms. The van der Waals surface area contributed by atoms with Crippen molar-refractivity contribution in [1.29, 1.82) is 0 Å². The van der Waals surface area contributed by atoms with Crippen LogP contribution in [0, 0.1) is 11.6 Å². The number of piperazine rings is 1. The predicted octanol–water partition coefficient (Wildman–Crippen LogP) is 2.17. The van der Waals surface area contributed by atoms with Crippen molar-refractivity contribution in [2.24, 2.45) is 0 Å². The second-order valence-corrected chi connectivity index (χ2v) is 9.94. The highest BCUT2D eigenvalue weighted by Crippen LogP contribution is 2.28. The zero-order valence-electron chi connectivity index (χ0n) is 17.8. The summed E-state index contributed by atoms with van der Waals surface area (Å²) in [5.74, 6) is -1.54. The van der Waals surface area contributed by atoms with Crippen LogP contribution in [0.3, 0.4) is 0 Å². The van der Waals surface area contributed by atoms with Gasteiger partial charge in [-0.3, -0.25) is 4.79 Å². The van der Waals surface area contributed by atoms with Gasteiger partial charge in [0.2, 0.25) is 0 Å². The van der Waals surface area contributed by atoms with Crippen LogP contribution in [-0.2, 0) is 14.6 Å². The van der Waals surface area contributed by atoms with Crippen molar-refractivity contribution in [3.05, 3.63) is 53.6 Å². The van der Waals surface area contributed by atoms with Crippen molar-refractivity contribution in [1.82, 2.24) is 4.90 Å². The molecule has 0 aliphatic carbocycles. The van der Waals surface area contributed by atoms with Crippen LogP contribution < -0.4 is 9.80 Å². The molecule has 7 nitrogen and oxygen atoms in total. The summed E-state index contributed by atoms with van der Waals surface area (Å²) in [5.41, 5.74) is 1.31. The van der Waals surface area contributed by atoms with Crippen molar-refractivity contribution in [2.45, 2.75) is 4.90 Å². The maximum atomic E-state index is 14.1. The molecule has 2 aliphatic rings. The molecule has 0 spiro atoms. The highest BCUT2D eigenvalue weighted by atomic mass is 32.2. The number of halogens is 2. The number of carbonyl (C=O) groups is 1. The van der Waals surface area contributed by atoms with Crippen molar-refractivity contribution in [2.75, 3.05) is 68.5 Å². The van der Waals surface area contributed by atoms with E-state index in [1.165, 1.54) is 24.3 Å². The van der Waals surface area contributed by atoms with E-state index in [1.54, 1.807) is 15.9 Å². The van der Waals surface area contributed by atoms with Crippen molar-refractivity contribution >= 4 is 27.1 Å². The number of carbonyl (C=O) groups excluding carboxylic acids is 1. The first-order valence-corrected chi connectivity index (χ1v) is 12.3. The Bertz CT molecular complexity index is 1110. The number of hydrogen-bond acceptors (Lipinski definition) is 6. The van der Waals surface area contributed by atoms with E-state index in [0.717, 1.165) is 12.3 Å². The zero-order valence-corrected chi connectivity index (χ0v) is 18.6. The van der Waals surface area contributed by atoms with Crippen LogP contribution in [0.25, 0.3) is 0 Å². The lowest BCUT2D eigenvalue weighted by atomic mass is 10.1. The third kappa shape index (κ3) is 4.71. The standard InChI is InChI=1S/C22H25F2N3O4S/c1-32(29,30)17-3-5-20(26-10-12-31-13-11-26)18(15-17)22(28)27-8-6-25(7-9-27)21-4-2-16(23)14-19(21)24/h2-5,14-15H,6-13H2,1H3. The highest BCUT2D eigenvalue weighted by molar-refractivity contribution is 7.90. The van der Waals surface area contributed by atoms with Gasteiger partial charge in [0.25, 0.3) is 5.91 Å². The molecule has 4 rings (SSSR count). The van der Waals surface area contributed by atoms with Crippen molar-refractivity contribution < 1.29 is 26.7 Å². The van der Waals surface area contributed by atoms with Crippen LogP contribution in [0.4, 0.5) is 20.2 Å². The van der Waals surface area contributed by atoms with E-state index >= 15 is 0 Å². The lowest BCUT2D eigenvalue weighted by Gasteiger charge is -2.37. The smallest absolute Gasteiger partial charge is 0.256 e. The van der Waals surface area contributed by atoms with Gasteiger partial charge in [-0.15, -0.1) is 0 Å². The number of sulfone groups is 1. The van der Waals surface area contributed by atoms with E-state index in [0.29, 0.717) is 69.4 Å². The molecule has 0 saturated carbocycles. The molecule has 172 valence electrons. The molecule has 0 atom stereocenters. The first-order valence-electron chi connectivity index (χ1n) is 10.4. The van der Waals surface area contributed by atoms with E-state index in [1.807, 2.05) is 4.90 Å². The number of ether oxygens (including phenoxy) is 1. The molecule has 2 aliphatic heterocycles.